The third-order valence-corrected chi connectivity index (χ3v) is 3.27. The number of nitrogens with zero attached hydrogens (tertiary/aromatic N) is 3. The third kappa shape index (κ3) is 2.00. The number of rotatable bonds is 2. The van der Waals surface area contributed by atoms with Crippen molar-refractivity contribution in [2.24, 2.45) is 11.0 Å². The molecule has 0 N–H and O–H groups in total. The second-order valence-electron chi connectivity index (χ2n) is 4.40. The quantitative estimate of drug-likeness (QED) is 0.582. The van der Waals surface area contributed by atoms with E-state index >= 15 is 0 Å². The van der Waals surface area contributed by atoms with Crippen molar-refractivity contribution >= 4 is 11.4 Å². The van der Waals surface area contributed by atoms with Crippen LogP contribution in [0.25, 0.3) is 0 Å². The molecule has 5 heteroatoms. The summed E-state index contributed by atoms with van der Waals surface area (Å²) in [5, 5.41) is 17.0. The minimum Gasteiger partial charge on any atom is -0.292 e. The van der Waals surface area contributed by atoms with E-state index in [4.69, 9.17) is 0 Å². The number of hydrogen-bond acceptors (Lipinski definition) is 4. The van der Waals surface area contributed by atoms with E-state index in [0.717, 1.165) is 11.3 Å². The summed E-state index contributed by atoms with van der Waals surface area (Å²) in [6, 6.07) is 6.87. The molecule has 0 saturated heterocycles. The second kappa shape index (κ2) is 4.16. The summed E-state index contributed by atoms with van der Waals surface area (Å²) in [6.07, 6.45) is 0. The highest BCUT2D eigenvalue weighted by Crippen LogP contribution is 2.35. The first-order chi connectivity index (χ1) is 8.00. The Morgan fingerprint density at radius 3 is 2.71 bits per heavy atom. The zero-order chi connectivity index (χ0) is 12.6. The van der Waals surface area contributed by atoms with Gasteiger partial charge in [-0.25, -0.2) is 0 Å². The minimum absolute atomic E-state index is 0.0925. The number of hydrazone groups is 1. The normalized spacial score (nSPS) is 23.7. The van der Waals surface area contributed by atoms with Gasteiger partial charge in [0, 0.05) is 30.8 Å². The molecule has 0 aliphatic carbocycles. The average Bonchev–Trinajstić information content (AvgIpc) is 2.53. The molecule has 0 aromatic heterocycles. The topological polar surface area (TPSA) is 58.7 Å². The van der Waals surface area contributed by atoms with Crippen LogP contribution in [-0.4, -0.2) is 22.7 Å². The van der Waals surface area contributed by atoms with E-state index in [1.54, 1.807) is 12.1 Å². The molecule has 5 nitrogen and oxygen atoms in total. The van der Waals surface area contributed by atoms with Gasteiger partial charge in [0.1, 0.15) is 0 Å². The highest BCUT2D eigenvalue weighted by molar-refractivity contribution is 5.86. The van der Waals surface area contributed by atoms with Gasteiger partial charge in [0.25, 0.3) is 5.69 Å². The van der Waals surface area contributed by atoms with E-state index < -0.39 is 0 Å². The van der Waals surface area contributed by atoms with Gasteiger partial charge >= 0.3 is 0 Å². The van der Waals surface area contributed by atoms with Crippen molar-refractivity contribution in [1.29, 1.82) is 0 Å². The van der Waals surface area contributed by atoms with Crippen LogP contribution in [0.5, 0.6) is 0 Å². The number of nitro groups is 1. The van der Waals surface area contributed by atoms with Crippen LogP contribution in [0.15, 0.2) is 29.4 Å². The van der Waals surface area contributed by atoms with Gasteiger partial charge in [-0.05, 0) is 12.5 Å². The molecule has 1 aliphatic rings. The molecule has 1 aliphatic heterocycles. The fourth-order valence-electron chi connectivity index (χ4n) is 2.28. The average molecular weight is 233 g/mol. The lowest BCUT2D eigenvalue weighted by molar-refractivity contribution is -0.385. The molecule has 2 atom stereocenters. The molecule has 2 unspecified atom stereocenters. The van der Waals surface area contributed by atoms with Gasteiger partial charge in [0.05, 0.1) is 11.0 Å². The largest absolute Gasteiger partial charge is 0.292 e. The lowest BCUT2D eigenvalue weighted by Gasteiger charge is -2.22. The molecular weight excluding hydrogens is 218 g/mol. The van der Waals surface area contributed by atoms with Gasteiger partial charge in [-0.3, -0.25) is 15.1 Å². The molecule has 0 saturated carbocycles. The molecule has 1 heterocycles. The van der Waals surface area contributed by atoms with Crippen molar-refractivity contribution < 1.29 is 4.92 Å². The molecule has 1 aromatic rings. The summed E-state index contributed by atoms with van der Waals surface area (Å²) in [4.78, 5) is 10.4. The summed E-state index contributed by atoms with van der Waals surface area (Å²) < 4.78 is 0. The molecule has 1 aromatic carbocycles. The van der Waals surface area contributed by atoms with E-state index in [1.807, 2.05) is 25.0 Å². The second-order valence-corrected chi connectivity index (χ2v) is 4.40. The van der Waals surface area contributed by atoms with E-state index in [2.05, 4.69) is 12.0 Å². The van der Waals surface area contributed by atoms with Crippen LogP contribution in [0.1, 0.15) is 25.5 Å². The van der Waals surface area contributed by atoms with Gasteiger partial charge in [-0.1, -0.05) is 19.1 Å². The zero-order valence-electron chi connectivity index (χ0n) is 10.1. The summed E-state index contributed by atoms with van der Waals surface area (Å²) in [5.41, 5.74) is 2.13. The van der Waals surface area contributed by atoms with Crippen LogP contribution >= 0.6 is 0 Å². The Labute approximate surface area is 99.9 Å². The summed E-state index contributed by atoms with van der Waals surface area (Å²) in [5.74, 6) is 0.280. The summed E-state index contributed by atoms with van der Waals surface area (Å²) >= 11 is 0. The number of nitro benzene ring substituents is 1. The smallest absolute Gasteiger partial charge is 0.269 e. The van der Waals surface area contributed by atoms with Crippen LogP contribution < -0.4 is 0 Å². The Balaban J connectivity index is 2.35. The molecule has 0 amide bonds. The standard InChI is InChI=1S/C12H15N3O2/c1-8-9(2)13-14(3)12(8)10-5-4-6-11(7-10)15(16)17/h4-8,12H,1-3H3. The molecule has 0 spiro atoms. The Kier molecular flexibility index (Phi) is 2.83. The molecular formula is C12H15N3O2. The Bertz CT molecular complexity index is 484. The van der Waals surface area contributed by atoms with Gasteiger partial charge in [-0.15, -0.1) is 0 Å². The van der Waals surface area contributed by atoms with Gasteiger partial charge in [0.15, 0.2) is 0 Å². The number of hydrogen-bond donors (Lipinski definition) is 0. The molecule has 0 radical (unpaired) electrons. The predicted octanol–water partition coefficient (Wildman–Crippen LogP) is 2.59. The minimum atomic E-state index is -0.364. The zero-order valence-corrected chi connectivity index (χ0v) is 10.1. The van der Waals surface area contributed by atoms with Crippen molar-refractivity contribution in [3.63, 3.8) is 0 Å². The van der Waals surface area contributed by atoms with E-state index in [0.29, 0.717) is 0 Å². The van der Waals surface area contributed by atoms with Crippen LogP contribution in [0, 0.1) is 16.0 Å². The Morgan fingerprint density at radius 1 is 1.47 bits per heavy atom. The molecule has 90 valence electrons. The van der Waals surface area contributed by atoms with Gasteiger partial charge < -0.3 is 0 Å². The van der Waals surface area contributed by atoms with Crippen LogP contribution in [0.4, 0.5) is 5.69 Å². The number of non-ortho nitro benzene ring substituents is 1. The first kappa shape index (κ1) is 11.6. The van der Waals surface area contributed by atoms with Crippen molar-refractivity contribution in [1.82, 2.24) is 5.01 Å². The van der Waals surface area contributed by atoms with Crippen LogP contribution in [-0.2, 0) is 0 Å². The maximum atomic E-state index is 10.8. The molecule has 2 rings (SSSR count). The Hall–Kier alpha value is -1.91. The lowest BCUT2D eigenvalue weighted by Crippen LogP contribution is -2.20. The lowest BCUT2D eigenvalue weighted by atomic mass is 9.92. The summed E-state index contributed by atoms with van der Waals surface area (Å²) in [7, 11) is 1.90. The van der Waals surface area contributed by atoms with Crippen molar-refractivity contribution in [3.8, 4) is 0 Å². The van der Waals surface area contributed by atoms with Gasteiger partial charge in [-0.2, -0.15) is 5.10 Å². The SMILES string of the molecule is CC1=NN(C)C(c2cccc([N+](=O)[O-])c2)C1C. The van der Waals surface area contributed by atoms with E-state index in [9.17, 15) is 10.1 Å². The molecule has 0 fully saturated rings. The monoisotopic (exact) mass is 233 g/mol. The van der Waals surface area contributed by atoms with Crippen molar-refractivity contribution in [2.45, 2.75) is 19.9 Å². The molecule has 0 bridgehead atoms. The predicted molar refractivity (Wildman–Crippen MR) is 65.9 cm³/mol. The van der Waals surface area contributed by atoms with Crippen LogP contribution in [0.3, 0.4) is 0 Å². The highest BCUT2D eigenvalue weighted by Gasteiger charge is 2.31. The van der Waals surface area contributed by atoms with Crippen LogP contribution in [0.2, 0.25) is 0 Å². The first-order valence-electron chi connectivity index (χ1n) is 5.53. The highest BCUT2D eigenvalue weighted by atomic mass is 16.6. The maximum absolute atomic E-state index is 10.8. The molecule has 17 heavy (non-hydrogen) atoms. The third-order valence-electron chi connectivity index (χ3n) is 3.27. The maximum Gasteiger partial charge on any atom is 0.269 e. The first-order valence-corrected chi connectivity index (χ1v) is 5.53. The van der Waals surface area contributed by atoms with E-state index in [-0.39, 0.29) is 22.6 Å². The van der Waals surface area contributed by atoms with Gasteiger partial charge in [0.2, 0.25) is 0 Å². The van der Waals surface area contributed by atoms with Crippen molar-refractivity contribution in [2.75, 3.05) is 7.05 Å². The van der Waals surface area contributed by atoms with E-state index in [1.165, 1.54) is 6.07 Å². The van der Waals surface area contributed by atoms with Crippen molar-refractivity contribution in [3.05, 3.63) is 39.9 Å². The number of benzene rings is 1. The Morgan fingerprint density at radius 2 is 2.18 bits per heavy atom. The fourth-order valence-corrected chi connectivity index (χ4v) is 2.28. The fraction of sp³-hybridized carbons (Fsp3) is 0.417. The summed E-state index contributed by atoms with van der Waals surface area (Å²) in [6.45, 7) is 4.07.